The van der Waals surface area contributed by atoms with Gasteiger partial charge in [-0.1, -0.05) is 36.4 Å². The molecule has 0 aliphatic heterocycles. The Morgan fingerprint density at radius 2 is 1.61 bits per heavy atom. The van der Waals surface area contributed by atoms with E-state index < -0.39 is 10.0 Å². The zero-order chi connectivity index (χ0) is 20.3. The van der Waals surface area contributed by atoms with E-state index in [1.54, 1.807) is 50.4 Å². The number of anilines is 2. The number of hydrogen-bond acceptors (Lipinski definition) is 3. The van der Waals surface area contributed by atoms with Crippen LogP contribution < -0.4 is 9.62 Å². The molecule has 3 aromatic rings. The molecule has 3 rings (SSSR count). The Morgan fingerprint density at radius 1 is 0.893 bits per heavy atom. The number of para-hydroxylation sites is 1. The molecule has 0 aliphatic carbocycles. The highest BCUT2D eigenvalue weighted by atomic mass is 32.2. The fraction of sp³-hybridized carbons (Fsp3) is 0.136. The topological polar surface area (TPSA) is 66.5 Å². The van der Waals surface area contributed by atoms with Gasteiger partial charge in [0.2, 0.25) is 0 Å². The number of nitrogens with zero attached hydrogens (tertiary/aromatic N) is 1. The summed E-state index contributed by atoms with van der Waals surface area (Å²) in [4.78, 5) is 14.5. The van der Waals surface area contributed by atoms with E-state index >= 15 is 0 Å². The SMILES string of the molecule is Cc1ccc(C)c(S(=O)(=O)Nc2cccc(C(=O)N(C)c3ccccc3)c2)c1. The molecule has 0 fully saturated rings. The Kier molecular flexibility index (Phi) is 5.51. The number of nitrogens with one attached hydrogen (secondary N) is 1. The van der Waals surface area contributed by atoms with E-state index in [0.717, 1.165) is 11.3 Å². The Morgan fingerprint density at radius 3 is 2.32 bits per heavy atom. The average Bonchev–Trinajstić information content (AvgIpc) is 2.69. The number of hydrogen-bond donors (Lipinski definition) is 1. The summed E-state index contributed by atoms with van der Waals surface area (Å²) in [5.41, 5.74) is 3.02. The molecule has 0 saturated heterocycles. The predicted octanol–water partition coefficient (Wildman–Crippen LogP) is 4.38. The maximum Gasteiger partial charge on any atom is 0.262 e. The molecule has 3 aromatic carbocycles. The highest BCUT2D eigenvalue weighted by Gasteiger charge is 2.19. The smallest absolute Gasteiger partial charge is 0.262 e. The van der Waals surface area contributed by atoms with Gasteiger partial charge in [-0.2, -0.15) is 0 Å². The van der Waals surface area contributed by atoms with Gasteiger partial charge in [-0.25, -0.2) is 8.42 Å². The first-order valence-corrected chi connectivity index (χ1v) is 10.3. The van der Waals surface area contributed by atoms with E-state index in [4.69, 9.17) is 0 Å². The second-order valence-corrected chi connectivity index (χ2v) is 8.31. The summed E-state index contributed by atoms with van der Waals surface area (Å²) < 4.78 is 28.2. The van der Waals surface area contributed by atoms with Crippen molar-refractivity contribution in [2.75, 3.05) is 16.7 Å². The van der Waals surface area contributed by atoms with Crippen LogP contribution in [0.3, 0.4) is 0 Å². The Bertz CT molecular complexity index is 1110. The van der Waals surface area contributed by atoms with Crippen LogP contribution in [0.4, 0.5) is 11.4 Å². The Hall–Kier alpha value is -3.12. The van der Waals surface area contributed by atoms with Gasteiger partial charge in [-0.15, -0.1) is 0 Å². The van der Waals surface area contributed by atoms with Crippen molar-refractivity contribution in [1.29, 1.82) is 0 Å². The summed E-state index contributed by atoms with van der Waals surface area (Å²) in [6.45, 7) is 3.60. The third-order valence-corrected chi connectivity index (χ3v) is 5.97. The zero-order valence-corrected chi connectivity index (χ0v) is 16.8. The quantitative estimate of drug-likeness (QED) is 0.698. The minimum atomic E-state index is -3.76. The number of carbonyl (C=O) groups excluding carboxylic acids is 1. The number of benzene rings is 3. The molecule has 0 spiro atoms. The normalized spacial score (nSPS) is 11.1. The lowest BCUT2D eigenvalue weighted by molar-refractivity contribution is 0.0993. The van der Waals surface area contributed by atoms with Crippen molar-refractivity contribution in [2.45, 2.75) is 18.7 Å². The molecule has 0 aliphatic rings. The van der Waals surface area contributed by atoms with Gasteiger partial charge >= 0.3 is 0 Å². The molecule has 5 nitrogen and oxygen atoms in total. The van der Waals surface area contributed by atoms with Gasteiger partial charge in [0.1, 0.15) is 0 Å². The molecule has 0 aromatic heterocycles. The van der Waals surface area contributed by atoms with Crippen molar-refractivity contribution in [3.63, 3.8) is 0 Å². The first kappa shape index (κ1) is 19.6. The van der Waals surface area contributed by atoms with Crippen molar-refractivity contribution >= 4 is 27.3 Å². The van der Waals surface area contributed by atoms with Gasteiger partial charge in [0.15, 0.2) is 0 Å². The Balaban J connectivity index is 1.87. The lowest BCUT2D eigenvalue weighted by Crippen LogP contribution is -2.26. The van der Waals surface area contributed by atoms with E-state index in [1.165, 1.54) is 4.90 Å². The number of amides is 1. The van der Waals surface area contributed by atoms with Crippen LogP contribution in [0.25, 0.3) is 0 Å². The van der Waals surface area contributed by atoms with Gasteiger partial charge in [0, 0.05) is 24.0 Å². The van der Waals surface area contributed by atoms with Crippen molar-refractivity contribution in [3.05, 3.63) is 89.5 Å². The molecule has 6 heteroatoms. The van der Waals surface area contributed by atoms with Crippen molar-refractivity contribution in [3.8, 4) is 0 Å². The standard InChI is InChI=1S/C22H22N2O3S/c1-16-12-13-17(2)21(14-16)28(26,27)23-19-9-7-8-18(15-19)22(25)24(3)20-10-5-4-6-11-20/h4-15,23H,1-3H3. The second-order valence-electron chi connectivity index (χ2n) is 6.65. The molecular weight excluding hydrogens is 372 g/mol. The molecule has 1 amide bonds. The fourth-order valence-electron chi connectivity index (χ4n) is 2.89. The van der Waals surface area contributed by atoms with E-state index in [2.05, 4.69) is 4.72 Å². The van der Waals surface area contributed by atoms with E-state index in [9.17, 15) is 13.2 Å². The third-order valence-electron chi connectivity index (χ3n) is 4.44. The van der Waals surface area contributed by atoms with Gasteiger partial charge < -0.3 is 4.90 Å². The molecule has 0 radical (unpaired) electrons. The molecule has 144 valence electrons. The van der Waals surface area contributed by atoms with Crippen LogP contribution in [-0.4, -0.2) is 21.4 Å². The molecule has 0 atom stereocenters. The predicted molar refractivity (Wildman–Crippen MR) is 112 cm³/mol. The summed E-state index contributed by atoms with van der Waals surface area (Å²) in [5, 5.41) is 0. The first-order valence-electron chi connectivity index (χ1n) is 8.81. The van der Waals surface area contributed by atoms with Gasteiger partial charge in [0.25, 0.3) is 15.9 Å². The highest BCUT2D eigenvalue weighted by Crippen LogP contribution is 2.22. The van der Waals surface area contributed by atoms with E-state index in [-0.39, 0.29) is 10.8 Å². The van der Waals surface area contributed by atoms with Crippen molar-refractivity contribution in [2.24, 2.45) is 0 Å². The molecule has 0 saturated carbocycles. The maximum atomic E-state index is 12.8. The first-order chi connectivity index (χ1) is 13.3. The van der Waals surface area contributed by atoms with Crippen LogP contribution >= 0.6 is 0 Å². The average molecular weight is 394 g/mol. The number of sulfonamides is 1. The zero-order valence-electron chi connectivity index (χ0n) is 16.0. The summed E-state index contributed by atoms with van der Waals surface area (Å²) in [6.07, 6.45) is 0. The molecule has 28 heavy (non-hydrogen) atoms. The number of aryl methyl sites for hydroxylation is 2. The molecule has 1 N–H and O–H groups in total. The van der Waals surface area contributed by atoms with Crippen LogP contribution in [0.5, 0.6) is 0 Å². The lowest BCUT2D eigenvalue weighted by atomic mass is 10.1. The van der Waals surface area contributed by atoms with Crippen molar-refractivity contribution < 1.29 is 13.2 Å². The molecule has 0 bridgehead atoms. The van der Waals surface area contributed by atoms with Gasteiger partial charge in [-0.3, -0.25) is 9.52 Å². The van der Waals surface area contributed by atoms with Crippen LogP contribution in [0.2, 0.25) is 0 Å². The van der Waals surface area contributed by atoms with Gasteiger partial charge in [0.05, 0.1) is 4.90 Å². The van der Waals surface area contributed by atoms with Crippen molar-refractivity contribution in [1.82, 2.24) is 0 Å². The third kappa shape index (κ3) is 4.23. The van der Waals surface area contributed by atoms with Crippen LogP contribution in [0.1, 0.15) is 21.5 Å². The maximum absolute atomic E-state index is 12.8. The summed E-state index contributed by atoms with van der Waals surface area (Å²) in [7, 11) is -2.07. The fourth-order valence-corrected chi connectivity index (χ4v) is 4.27. The summed E-state index contributed by atoms with van der Waals surface area (Å²) >= 11 is 0. The van der Waals surface area contributed by atoms with Crippen LogP contribution in [-0.2, 0) is 10.0 Å². The molecular formula is C22H22N2O3S. The van der Waals surface area contributed by atoms with E-state index in [1.807, 2.05) is 43.3 Å². The monoisotopic (exact) mass is 394 g/mol. The molecule has 0 unspecified atom stereocenters. The number of rotatable bonds is 5. The summed E-state index contributed by atoms with van der Waals surface area (Å²) in [6, 6.07) is 21.0. The minimum Gasteiger partial charge on any atom is -0.311 e. The largest absolute Gasteiger partial charge is 0.311 e. The van der Waals surface area contributed by atoms with Crippen LogP contribution in [0, 0.1) is 13.8 Å². The number of carbonyl (C=O) groups is 1. The second kappa shape index (κ2) is 7.86. The minimum absolute atomic E-state index is 0.223. The van der Waals surface area contributed by atoms with Gasteiger partial charge in [-0.05, 0) is 61.4 Å². The van der Waals surface area contributed by atoms with Crippen LogP contribution in [0.15, 0.2) is 77.7 Å². The lowest BCUT2D eigenvalue weighted by Gasteiger charge is -2.18. The van der Waals surface area contributed by atoms with E-state index in [0.29, 0.717) is 16.8 Å². The highest BCUT2D eigenvalue weighted by molar-refractivity contribution is 7.92. The molecule has 0 heterocycles. The summed E-state index contributed by atoms with van der Waals surface area (Å²) in [5.74, 6) is -0.223. The Labute approximate surface area is 165 Å².